The molecule has 74 valence electrons. The van der Waals surface area contributed by atoms with Gasteiger partial charge < -0.3 is 0 Å². The number of hydrogen-bond acceptors (Lipinski definition) is 0. The Morgan fingerprint density at radius 3 is 2.57 bits per heavy atom. The zero-order valence-electron chi connectivity index (χ0n) is 9.30. The first-order chi connectivity index (χ1) is 6.62. The molecule has 0 N–H and O–H groups in total. The molecule has 0 nitrogen and oxygen atoms in total. The standard InChI is InChI=1S/C14H18/c1-9-5-4-6-10-11-7-8-12(13(9)10)14(11,2)3/h4-6,11-12H,7-8H2,1-3H3/t11-,12+/m1/s1. The van der Waals surface area contributed by atoms with Crippen molar-refractivity contribution in [1.29, 1.82) is 0 Å². The fourth-order valence-corrected chi connectivity index (χ4v) is 3.88. The molecule has 1 fully saturated rings. The van der Waals surface area contributed by atoms with E-state index in [0.29, 0.717) is 5.41 Å². The van der Waals surface area contributed by atoms with Gasteiger partial charge in [-0.3, -0.25) is 0 Å². The molecule has 14 heavy (non-hydrogen) atoms. The summed E-state index contributed by atoms with van der Waals surface area (Å²) in [4.78, 5) is 0. The number of rotatable bonds is 0. The summed E-state index contributed by atoms with van der Waals surface area (Å²) in [6.07, 6.45) is 2.82. The highest BCUT2D eigenvalue weighted by Gasteiger charge is 2.51. The van der Waals surface area contributed by atoms with Crippen molar-refractivity contribution in [2.24, 2.45) is 5.41 Å². The van der Waals surface area contributed by atoms with Gasteiger partial charge in [0.2, 0.25) is 0 Å². The number of benzene rings is 1. The maximum absolute atomic E-state index is 2.45. The summed E-state index contributed by atoms with van der Waals surface area (Å²) in [5.74, 6) is 1.67. The average Bonchev–Trinajstić information content (AvgIpc) is 2.54. The summed E-state index contributed by atoms with van der Waals surface area (Å²) in [5, 5.41) is 0. The molecule has 0 unspecified atom stereocenters. The van der Waals surface area contributed by atoms with Crippen LogP contribution in [-0.2, 0) is 0 Å². The lowest BCUT2D eigenvalue weighted by Crippen LogP contribution is -2.14. The van der Waals surface area contributed by atoms with E-state index in [9.17, 15) is 0 Å². The molecule has 0 saturated heterocycles. The predicted molar refractivity (Wildman–Crippen MR) is 59.7 cm³/mol. The van der Waals surface area contributed by atoms with E-state index in [1.54, 1.807) is 11.1 Å². The lowest BCUT2D eigenvalue weighted by Gasteiger charge is -2.24. The van der Waals surface area contributed by atoms with Crippen LogP contribution in [-0.4, -0.2) is 0 Å². The van der Waals surface area contributed by atoms with E-state index < -0.39 is 0 Å². The maximum atomic E-state index is 2.45. The molecule has 0 aromatic heterocycles. The monoisotopic (exact) mass is 186 g/mol. The van der Waals surface area contributed by atoms with Gasteiger partial charge in [-0.1, -0.05) is 32.0 Å². The minimum absolute atomic E-state index is 0.522. The second kappa shape index (κ2) is 2.42. The Morgan fingerprint density at radius 1 is 1.14 bits per heavy atom. The van der Waals surface area contributed by atoms with Crippen molar-refractivity contribution in [2.45, 2.75) is 45.4 Å². The van der Waals surface area contributed by atoms with Crippen LogP contribution < -0.4 is 0 Å². The summed E-state index contributed by atoms with van der Waals surface area (Å²) in [6, 6.07) is 6.86. The van der Waals surface area contributed by atoms with Gasteiger partial charge in [-0.05, 0) is 53.7 Å². The summed E-state index contributed by atoms with van der Waals surface area (Å²) in [7, 11) is 0. The molecule has 0 spiro atoms. The van der Waals surface area contributed by atoms with Crippen molar-refractivity contribution in [3.8, 4) is 0 Å². The van der Waals surface area contributed by atoms with Crippen LogP contribution in [0, 0.1) is 12.3 Å². The zero-order chi connectivity index (χ0) is 9.92. The molecule has 0 heterocycles. The third-order valence-corrected chi connectivity index (χ3v) is 4.62. The lowest BCUT2D eigenvalue weighted by atomic mass is 9.80. The van der Waals surface area contributed by atoms with Gasteiger partial charge in [-0.2, -0.15) is 0 Å². The van der Waals surface area contributed by atoms with Crippen LogP contribution in [0.2, 0.25) is 0 Å². The summed E-state index contributed by atoms with van der Waals surface area (Å²) >= 11 is 0. The zero-order valence-corrected chi connectivity index (χ0v) is 9.30. The van der Waals surface area contributed by atoms with Crippen LogP contribution in [0.1, 0.15) is 55.2 Å². The first-order valence-electron chi connectivity index (χ1n) is 5.72. The Bertz CT molecular complexity index is 387. The quantitative estimate of drug-likeness (QED) is 0.574. The highest BCUT2D eigenvalue weighted by atomic mass is 14.5. The van der Waals surface area contributed by atoms with E-state index in [4.69, 9.17) is 0 Å². The van der Waals surface area contributed by atoms with Gasteiger partial charge in [0.15, 0.2) is 0 Å². The van der Waals surface area contributed by atoms with Crippen molar-refractivity contribution in [1.82, 2.24) is 0 Å². The molecule has 2 aliphatic rings. The molecule has 0 heteroatoms. The lowest BCUT2D eigenvalue weighted by molar-refractivity contribution is 0.325. The first-order valence-corrected chi connectivity index (χ1v) is 5.72. The van der Waals surface area contributed by atoms with Gasteiger partial charge in [-0.15, -0.1) is 0 Å². The highest BCUT2D eigenvalue weighted by molar-refractivity contribution is 5.48. The van der Waals surface area contributed by atoms with Crippen LogP contribution in [0.5, 0.6) is 0 Å². The molecule has 0 amide bonds. The largest absolute Gasteiger partial charge is 0.0617 e. The molecule has 1 saturated carbocycles. The SMILES string of the molecule is Cc1cccc2c1[C@@H]1CC[C@H]2C1(C)C. The smallest absolute Gasteiger partial charge is 0.00991 e. The topological polar surface area (TPSA) is 0 Å². The van der Waals surface area contributed by atoms with E-state index >= 15 is 0 Å². The second-order valence-corrected chi connectivity index (χ2v) is 5.58. The number of hydrogen-bond donors (Lipinski definition) is 0. The Morgan fingerprint density at radius 2 is 1.86 bits per heavy atom. The molecule has 3 rings (SSSR count). The maximum Gasteiger partial charge on any atom is -0.00991 e. The second-order valence-electron chi connectivity index (χ2n) is 5.58. The van der Waals surface area contributed by atoms with Crippen LogP contribution in [0.3, 0.4) is 0 Å². The van der Waals surface area contributed by atoms with E-state index in [1.807, 2.05) is 0 Å². The fraction of sp³-hybridized carbons (Fsp3) is 0.571. The van der Waals surface area contributed by atoms with Crippen LogP contribution in [0.15, 0.2) is 18.2 Å². The van der Waals surface area contributed by atoms with Gasteiger partial charge >= 0.3 is 0 Å². The van der Waals surface area contributed by atoms with Crippen molar-refractivity contribution in [3.63, 3.8) is 0 Å². The van der Waals surface area contributed by atoms with Gasteiger partial charge in [-0.25, -0.2) is 0 Å². The highest BCUT2D eigenvalue weighted by Crippen LogP contribution is 2.64. The van der Waals surface area contributed by atoms with Crippen molar-refractivity contribution >= 4 is 0 Å². The van der Waals surface area contributed by atoms with Crippen LogP contribution >= 0.6 is 0 Å². The Kier molecular flexibility index (Phi) is 1.47. The third-order valence-electron chi connectivity index (χ3n) is 4.62. The Balaban J connectivity index is 2.26. The summed E-state index contributed by atoms with van der Waals surface area (Å²) in [5.41, 5.74) is 5.39. The third kappa shape index (κ3) is 0.802. The Labute approximate surface area is 86.3 Å². The molecule has 0 radical (unpaired) electrons. The summed E-state index contributed by atoms with van der Waals surface area (Å²) < 4.78 is 0. The molecule has 2 aliphatic carbocycles. The van der Waals surface area contributed by atoms with Gasteiger partial charge in [0.1, 0.15) is 0 Å². The van der Waals surface area contributed by atoms with E-state index in [0.717, 1.165) is 11.8 Å². The van der Waals surface area contributed by atoms with E-state index in [-0.39, 0.29) is 0 Å². The number of aryl methyl sites for hydroxylation is 1. The minimum Gasteiger partial charge on any atom is -0.0617 e. The predicted octanol–water partition coefficient (Wildman–Crippen LogP) is 4.00. The van der Waals surface area contributed by atoms with Crippen LogP contribution in [0.4, 0.5) is 0 Å². The van der Waals surface area contributed by atoms with Crippen molar-refractivity contribution in [3.05, 3.63) is 34.9 Å². The molecule has 2 atom stereocenters. The fourth-order valence-electron chi connectivity index (χ4n) is 3.88. The van der Waals surface area contributed by atoms with Crippen LogP contribution in [0.25, 0.3) is 0 Å². The molecular weight excluding hydrogens is 168 g/mol. The Hall–Kier alpha value is -0.780. The van der Waals surface area contributed by atoms with Gasteiger partial charge in [0, 0.05) is 0 Å². The first kappa shape index (κ1) is 8.52. The van der Waals surface area contributed by atoms with E-state index in [2.05, 4.69) is 39.0 Å². The number of fused-ring (bicyclic) bond motifs is 5. The van der Waals surface area contributed by atoms with Crippen molar-refractivity contribution in [2.75, 3.05) is 0 Å². The molecule has 1 aromatic carbocycles. The molecule has 0 aliphatic heterocycles. The normalized spacial score (nSPS) is 31.9. The molecule has 1 aromatic rings. The summed E-state index contributed by atoms with van der Waals surface area (Å²) in [6.45, 7) is 7.18. The van der Waals surface area contributed by atoms with E-state index in [1.165, 1.54) is 18.4 Å². The van der Waals surface area contributed by atoms with Gasteiger partial charge in [0.25, 0.3) is 0 Å². The van der Waals surface area contributed by atoms with Gasteiger partial charge in [0.05, 0.1) is 0 Å². The molecule has 2 bridgehead atoms. The molecular formula is C14H18. The minimum atomic E-state index is 0.522. The average molecular weight is 186 g/mol. The van der Waals surface area contributed by atoms with Crippen molar-refractivity contribution < 1.29 is 0 Å².